The molecular weight excluding hydrogens is 300 g/mol. The van der Waals surface area contributed by atoms with Gasteiger partial charge in [-0.05, 0) is 50.1 Å². The van der Waals surface area contributed by atoms with E-state index >= 15 is 0 Å². The molecule has 0 spiro atoms. The number of carbonyl (C=O) groups is 1. The molecule has 0 aliphatic carbocycles. The van der Waals surface area contributed by atoms with Gasteiger partial charge in [0, 0.05) is 12.1 Å². The van der Waals surface area contributed by atoms with Crippen molar-refractivity contribution in [1.82, 2.24) is 5.32 Å². The summed E-state index contributed by atoms with van der Waals surface area (Å²) in [5.74, 6) is 0.516. The van der Waals surface area contributed by atoms with Gasteiger partial charge in [-0.1, -0.05) is 35.9 Å². The zero-order valence-corrected chi connectivity index (χ0v) is 14.4. The Labute approximate surface area is 143 Å². The average Bonchev–Trinajstić information content (AvgIpc) is 2.53. The van der Waals surface area contributed by atoms with Crippen LogP contribution in [0.15, 0.2) is 48.5 Å². The Hall–Kier alpha value is -2.75. The Bertz CT molecular complexity index is 719. The van der Waals surface area contributed by atoms with E-state index < -0.39 is 0 Å². The van der Waals surface area contributed by atoms with Crippen LogP contribution in [0.4, 0.5) is 5.69 Å². The summed E-state index contributed by atoms with van der Waals surface area (Å²) in [6.45, 7) is 6.36. The molecule has 0 bridgehead atoms. The standard InChI is InChI=1S/C20H24N2O2/c1-14(2)22-20(23)11-9-16-8-10-19(18(21)12-16)24-13-17-6-4-15(3)5-7-17/h4-12,14H,13,21H2,1-3H3,(H,22,23)/b11-9-. The zero-order valence-electron chi connectivity index (χ0n) is 14.4. The van der Waals surface area contributed by atoms with E-state index in [1.54, 1.807) is 12.1 Å². The first-order chi connectivity index (χ1) is 11.4. The van der Waals surface area contributed by atoms with Crippen molar-refractivity contribution >= 4 is 17.7 Å². The van der Waals surface area contributed by atoms with Gasteiger partial charge in [0.2, 0.25) is 5.91 Å². The minimum atomic E-state index is -0.122. The summed E-state index contributed by atoms with van der Waals surface area (Å²) in [6, 6.07) is 13.8. The Balaban J connectivity index is 1.97. The molecule has 126 valence electrons. The van der Waals surface area contributed by atoms with Gasteiger partial charge in [-0.2, -0.15) is 0 Å². The van der Waals surface area contributed by atoms with E-state index in [1.165, 1.54) is 11.6 Å². The molecule has 0 saturated heterocycles. The highest BCUT2D eigenvalue weighted by Crippen LogP contribution is 2.24. The van der Waals surface area contributed by atoms with Crippen LogP contribution >= 0.6 is 0 Å². The summed E-state index contributed by atoms with van der Waals surface area (Å²) in [7, 11) is 0. The van der Waals surface area contributed by atoms with Gasteiger partial charge in [-0.3, -0.25) is 4.79 Å². The highest BCUT2D eigenvalue weighted by molar-refractivity contribution is 5.92. The molecule has 0 atom stereocenters. The molecule has 1 amide bonds. The van der Waals surface area contributed by atoms with Crippen LogP contribution in [-0.2, 0) is 11.4 Å². The second-order valence-electron chi connectivity index (χ2n) is 6.07. The van der Waals surface area contributed by atoms with Crippen molar-refractivity contribution in [2.75, 3.05) is 5.73 Å². The van der Waals surface area contributed by atoms with Crippen molar-refractivity contribution in [2.45, 2.75) is 33.4 Å². The van der Waals surface area contributed by atoms with Crippen LogP contribution in [0.1, 0.15) is 30.5 Å². The van der Waals surface area contributed by atoms with E-state index in [1.807, 2.05) is 38.1 Å². The van der Waals surface area contributed by atoms with Gasteiger partial charge in [0.15, 0.2) is 0 Å². The summed E-state index contributed by atoms with van der Waals surface area (Å²) in [5.41, 5.74) is 9.75. The number of benzene rings is 2. The number of hydrogen-bond acceptors (Lipinski definition) is 3. The Morgan fingerprint density at radius 3 is 2.54 bits per heavy atom. The third-order valence-electron chi connectivity index (χ3n) is 3.41. The van der Waals surface area contributed by atoms with Crippen molar-refractivity contribution in [1.29, 1.82) is 0 Å². The van der Waals surface area contributed by atoms with Crippen LogP contribution < -0.4 is 15.8 Å². The molecule has 24 heavy (non-hydrogen) atoms. The van der Waals surface area contributed by atoms with Gasteiger partial charge < -0.3 is 15.8 Å². The molecule has 4 heteroatoms. The summed E-state index contributed by atoms with van der Waals surface area (Å²) in [5, 5.41) is 2.80. The monoisotopic (exact) mass is 324 g/mol. The smallest absolute Gasteiger partial charge is 0.244 e. The Morgan fingerprint density at radius 2 is 1.92 bits per heavy atom. The second kappa shape index (κ2) is 8.20. The quantitative estimate of drug-likeness (QED) is 0.629. The highest BCUT2D eigenvalue weighted by atomic mass is 16.5. The lowest BCUT2D eigenvalue weighted by Crippen LogP contribution is -2.28. The van der Waals surface area contributed by atoms with Crippen LogP contribution in [0, 0.1) is 6.92 Å². The van der Waals surface area contributed by atoms with Gasteiger partial charge in [-0.15, -0.1) is 0 Å². The topological polar surface area (TPSA) is 64.3 Å². The number of rotatable bonds is 6. The number of amides is 1. The van der Waals surface area contributed by atoms with Gasteiger partial charge in [-0.25, -0.2) is 0 Å². The van der Waals surface area contributed by atoms with Crippen molar-refractivity contribution < 1.29 is 9.53 Å². The van der Waals surface area contributed by atoms with E-state index in [0.717, 1.165) is 11.1 Å². The molecular formula is C20H24N2O2. The van der Waals surface area contributed by atoms with Crippen molar-refractivity contribution in [3.63, 3.8) is 0 Å². The van der Waals surface area contributed by atoms with E-state index in [9.17, 15) is 4.79 Å². The lowest BCUT2D eigenvalue weighted by molar-refractivity contribution is -0.116. The molecule has 0 aliphatic rings. The largest absolute Gasteiger partial charge is 0.487 e. The maximum Gasteiger partial charge on any atom is 0.244 e. The van der Waals surface area contributed by atoms with E-state index in [4.69, 9.17) is 10.5 Å². The third-order valence-corrected chi connectivity index (χ3v) is 3.41. The molecule has 0 fully saturated rings. The van der Waals surface area contributed by atoms with Crippen LogP contribution in [0.2, 0.25) is 0 Å². The van der Waals surface area contributed by atoms with Crippen LogP contribution in [-0.4, -0.2) is 11.9 Å². The lowest BCUT2D eigenvalue weighted by Gasteiger charge is -2.10. The molecule has 4 nitrogen and oxygen atoms in total. The number of ether oxygens (including phenoxy) is 1. The molecule has 0 unspecified atom stereocenters. The molecule has 2 aromatic carbocycles. The SMILES string of the molecule is Cc1ccc(COc2ccc(/C=C\C(=O)NC(C)C)cc2N)cc1. The highest BCUT2D eigenvalue weighted by Gasteiger charge is 2.03. The minimum Gasteiger partial charge on any atom is -0.487 e. The van der Waals surface area contributed by atoms with E-state index in [-0.39, 0.29) is 11.9 Å². The number of carbonyl (C=O) groups excluding carboxylic acids is 1. The number of nitrogen functional groups attached to an aromatic ring is 1. The molecule has 0 heterocycles. The maximum absolute atomic E-state index is 11.6. The number of aryl methyl sites for hydroxylation is 1. The zero-order chi connectivity index (χ0) is 17.5. The predicted octanol–water partition coefficient (Wildman–Crippen LogP) is 3.69. The molecule has 0 radical (unpaired) electrons. The number of nitrogens with one attached hydrogen (secondary N) is 1. The fraction of sp³-hybridized carbons (Fsp3) is 0.250. The first-order valence-electron chi connectivity index (χ1n) is 8.00. The van der Waals surface area contributed by atoms with Gasteiger partial charge >= 0.3 is 0 Å². The number of nitrogens with two attached hydrogens (primary N) is 1. The van der Waals surface area contributed by atoms with Gasteiger partial charge in [0.05, 0.1) is 5.69 Å². The predicted molar refractivity (Wildman–Crippen MR) is 98.7 cm³/mol. The third kappa shape index (κ3) is 5.47. The summed E-state index contributed by atoms with van der Waals surface area (Å²) >= 11 is 0. The summed E-state index contributed by atoms with van der Waals surface area (Å²) in [4.78, 5) is 11.6. The molecule has 0 aliphatic heterocycles. The Morgan fingerprint density at radius 1 is 1.21 bits per heavy atom. The first kappa shape index (κ1) is 17.6. The fourth-order valence-electron chi connectivity index (χ4n) is 2.15. The van der Waals surface area contributed by atoms with Crippen LogP contribution in [0.25, 0.3) is 6.08 Å². The van der Waals surface area contributed by atoms with Gasteiger partial charge in [0.1, 0.15) is 12.4 Å². The number of hydrogen-bond donors (Lipinski definition) is 2. The molecule has 0 saturated carbocycles. The average molecular weight is 324 g/mol. The molecule has 2 aromatic rings. The first-order valence-corrected chi connectivity index (χ1v) is 8.00. The lowest BCUT2D eigenvalue weighted by atomic mass is 10.1. The number of anilines is 1. The molecule has 3 N–H and O–H groups in total. The van der Waals surface area contributed by atoms with Crippen LogP contribution in [0.3, 0.4) is 0 Å². The van der Waals surface area contributed by atoms with Crippen molar-refractivity contribution in [3.8, 4) is 5.75 Å². The maximum atomic E-state index is 11.6. The molecule has 2 rings (SSSR count). The van der Waals surface area contributed by atoms with Crippen molar-refractivity contribution in [2.24, 2.45) is 0 Å². The van der Waals surface area contributed by atoms with E-state index in [2.05, 4.69) is 24.4 Å². The molecule has 0 aromatic heterocycles. The Kier molecular flexibility index (Phi) is 6.01. The summed E-state index contributed by atoms with van der Waals surface area (Å²) < 4.78 is 5.77. The van der Waals surface area contributed by atoms with Crippen molar-refractivity contribution in [3.05, 3.63) is 65.2 Å². The second-order valence-corrected chi connectivity index (χ2v) is 6.07. The van der Waals surface area contributed by atoms with E-state index in [0.29, 0.717) is 18.0 Å². The normalized spacial score (nSPS) is 11.0. The minimum absolute atomic E-state index is 0.116. The summed E-state index contributed by atoms with van der Waals surface area (Å²) in [6.07, 6.45) is 3.24. The fourth-order valence-corrected chi connectivity index (χ4v) is 2.15. The van der Waals surface area contributed by atoms with Gasteiger partial charge in [0.25, 0.3) is 0 Å². The van der Waals surface area contributed by atoms with Crippen LogP contribution in [0.5, 0.6) is 5.75 Å².